The van der Waals surface area contributed by atoms with Gasteiger partial charge in [0.2, 0.25) is 0 Å². The van der Waals surface area contributed by atoms with Gasteiger partial charge in [-0.3, -0.25) is 9.48 Å². The van der Waals surface area contributed by atoms with Gasteiger partial charge in [0, 0.05) is 13.3 Å². The van der Waals surface area contributed by atoms with Crippen LogP contribution < -0.4 is 0 Å². The predicted octanol–water partition coefficient (Wildman–Crippen LogP) is -0.640. The van der Waals surface area contributed by atoms with E-state index in [9.17, 15) is 13.2 Å². The van der Waals surface area contributed by atoms with Gasteiger partial charge in [0.05, 0.1) is 6.42 Å². The van der Waals surface area contributed by atoms with Crippen molar-refractivity contribution < 1.29 is 13.2 Å². The summed E-state index contributed by atoms with van der Waals surface area (Å²) in [4.78, 5) is 15.4. The van der Waals surface area contributed by atoms with Crippen molar-refractivity contribution in [2.45, 2.75) is 18.6 Å². The van der Waals surface area contributed by atoms with Crippen LogP contribution in [0.3, 0.4) is 0 Å². The normalized spacial score (nSPS) is 13.8. The summed E-state index contributed by atoms with van der Waals surface area (Å²) in [6.45, 7) is 1.38. The smallest absolute Gasteiger partial charge is 0.158 e. The Bertz CT molecular complexity index is 463. The SMILES string of the molecule is CC(C(=O)Cc1ncnn1C)S(C)(=O)=O. The Morgan fingerprint density at radius 3 is 2.60 bits per heavy atom. The van der Waals surface area contributed by atoms with E-state index in [1.807, 2.05) is 0 Å². The van der Waals surface area contributed by atoms with Gasteiger partial charge in [0.25, 0.3) is 0 Å². The van der Waals surface area contributed by atoms with E-state index in [1.54, 1.807) is 7.05 Å². The van der Waals surface area contributed by atoms with Gasteiger partial charge in [-0.2, -0.15) is 5.10 Å². The summed E-state index contributed by atoms with van der Waals surface area (Å²) in [7, 11) is -1.67. The first-order valence-corrected chi connectivity index (χ1v) is 6.32. The lowest BCUT2D eigenvalue weighted by molar-refractivity contribution is -0.117. The Morgan fingerprint density at radius 1 is 1.60 bits per heavy atom. The topological polar surface area (TPSA) is 81.9 Å². The number of carbonyl (C=O) groups is 1. The second kappa shape index (κ2) is 4.09. The summed E-state index contributed by atoms with van der Waals surface area (Å²) >= 11 is 0. The molecule has 1 aromatic rings. The highest BCUT2D eigenvalue weighted by molar-refractivity contribution is 7.92. The van der Waals surface area contributed by atoms with Crippen LogP contribution in [-0.2, 0) is 28.1 Å². The van der Waals surface area contributed by atoms with Crippen molar-refractivity contribution in [1.29, 1.82) is 0 Å². The molecule has 0 aliphatic carbocycles. The minimum Gasteiger partial charge on any atom is -0.298 e. The standard InChI is InChI=1S/C8H13N3O3S/c1-6(15(3,13)14)7(12)4-8-9-5-10-11(8)2/h5-6H,4H2,1-3H3. The third-order valence-electron chi connectivity index (χ3n) is 2.23. The van der Waals surface area contributed by atoms with Crippen LogP contribution in [-0.4, -0.2) is 40.5 Å². The number of hydrogen-bond donors (Lipinski definition) is 0. The molecule has 0 fully saturated rings. The average molecular weight is 231 g/mol. The monoisotopic (exact) mass is 231 g/mol. The second-order valence-electron chi connectivity index (χ2n) is 3.41. The van der Waals surface area contributed by atoms with E-state index in [2.05, 4.69) is 10.1 Å². The maximum Gasteiger partial charge on any atom is 0.158 e. The molecule has 0 aliphatic rings. The number of aromatic nitrogens is 3. The van der Waals surface area contributed by atoms with E-state index in [4.69, 9.17) is 0 Å². The second-order valence-corrected chi connectivity index (χ2v) is 5.78. The van der Waals surface area contributed by atoms with Crippen LogP contribution in [0.1, 0.15) is 12.7 Å². The molecule has 15 heavy (non-hydrogen) atoms. The van der Waals surface area contributed by atoms with Gasteiger partial charge in [-0.05, 0) is 6.92 Å². The number of rotatable bonds is 4. The van der Waals surface area contributed by atoms with Crippen molar-refractivity contribution >= 4 is 15.6 Å². The molecule has 7 heteroatoms. The lowest BCUT2D eigenvalue weighted by atomic mass is 10.2. The van der Waals surface area contributed by atoms with Crippen molar-refractivity contribution in [3.8, 4) is 0 Å². The quantitative estimate of drug-likeness (QED) is 0.688. The summed E-state index contributed by atoms with van der Waals surface area (Å²) in [6, 6.07) is 0. The summed E-state index contributed by atoms with van der Waals surface area (Å²) in [5.74, 6) is 0.101. The third-order valence-corrected chi connectivity index (χ3v) is 3.78. The molecular weight excluding hydrogens is 218 g/mol. The number of aryl methyl sites for hydroxylation is 1. The number of carbonyl (C=O) groups excluding carboxylic acids is 1. The van der Waals surface area contributed by atoms with Gasteiger partial charge in [0.15, 0.2) is 15.6 Å². The number of Topliss-reactive ketones (excluding diaryl/α,β-unsaturated/α-hetero) is 1. The predicted molar refractivity (Wildman–Crippen MR) is 54.0 cm³/mol. The lowest BCUT2D eigenvalue weighted by Gasteiger charge is -2.07. The molecule has 0 aromatic carbocycles. The van der Waals surface area contributed by atoms with Crippen LogP contribution in [0.4, 0.5) is 0 Å². The van der Waals surface area contributed by atoms with Crippen molar-refractivity contribution in [3.63, 3.8) is 0 Å². The Labute approximate surface area is 88.2 Å². The number of ketones is 1. The minimum absolute atomic E-state index is 0.00919. The van der Waals surface area contributed by atoms with Crippen molar-refractivity contribution in [2.75, 3.05) is 6.26 Å². The van der Waals surface area contributed by atoms with Crippen LogP contribution in [0.25, 0.3) is 0 Å². The highest BCUT2D eigenvalue weighted by Gasteiger charge is 2.24. The van der Waals surface area contributed by atoms with Crippen LogP contribution in [0, 0.1) is 0 Å². The molecule has 0 N–H and O–H groups in total. The molecule has 0 saturated heterocycles. The Kier molecular flexibility index (Phi) is 3.23. The molecule has 0 saturated carbocycles. The van der Waals surface area contributed by atoms with E-state index in [0.717, 1.165) is 6.26 Å². The van der Waals surface area contributed by atoms with Gasteiger partial charge >= 0.3 is 0 Å². The highest BCUT2D eigenvalue weighted by Crippen LogP contribution is 2.04. The van der Waals surface area contributed by atoms with E-state index in [0.29, 0.717) is 5.82 Å². The molecule has 84 valence electrons. The Hall–Kier alpha value is -1.24. The molecule has 0 aliphatic heterocycles. The molecule has 1 rings (SSSR count). The molecule has 0 spiro atoms. The summed E-state index contributed by atoms with van der Waals surface area (Å²) < 4.78 is 23.7. The molecule has 0 bridgehead atoms. The maximum atomic E-state index is 11.5. The Balaban J connectivity index is 2.77. The van der Waals surface area contributed by atoms with Gasteiger partial charge in [-0.25, -0.2) is 13.4 Å². The van der Waals surface area contributed by atoms with Crippen molar-refractivity contribution in [1.82, 2.24) is 14.8 Å². The first-order valence-electron chi connectivity index (χ1n) is 4.37. The van der Waals surface area contributed by atoms with Gasteiger partial charge in [-0.15, -0.1) is 0 Å². The molecular formula is C8H13N3O3S. The zero-order chi connectivity index (χ0) is 11.6. The van der Waals surface area contributed by atoms with E-state index < -0.39 is 15.1 Å². The van der Waals surface area contributed by atoms with Gasteiger partial charge < -0.3 is 0 Å². The number of nitrogens with zero attached hydrogens (tertiary/aromatic N) is 3. The molecule has 1 atom stereocenters. The molecule has 6 nitrogen and oxygen atoms in total. The highest BCUT2D eigenvalue weighted by atomic mass is 32.2. The van der Waals surface area contributed by atoms with Crippen LogP contribution in [0.5, 0.6) is 0 Å². The van der Waals surface area contributed by atoms with E-state index >= 15 is 0 Å². The first kappa shape index (κ1) is 11.8. The summed E-state index contributed by atoms with van der Waals surface area (Å²) in [5, 5.41) is 2.80. The summed E-state index contributed by atoms with van der Waals surface area (Å²) in [6.07, 6.45) is 2.37. The van der Waals surface area contributed by atoms with Gasteiger partial charge in [0.1, 0.15) is 17.4 Å². The first-order chi connectivity index (χ1) is 6.82. The zero-order valence-corrected chi connectivity index (χ0v) is 9.65. The largest absolute Gasteiger partial charge is 0.298 e. The zero-order valence-electron chi connectivity index (χ0n) is 8.84. The Morgan fingerprint density at radius 2 is 2.20 bits per heavy atom. The molecule has 1 unspecified atom stereocenters. The average Bonchev–Trinajstić information content (AvgIpc) is 2.49. The fraction of sp³-hybridized carbons (Fsp3) is 0.625. The van der Waals surface area contributed by atoms with Crippen molar-refractivity contribution in [3.05, 3.63) is 12.2 Å². The van der Waals surface area contributed by atoms with Crippen LogP contribution in [0.2, 0.25) is 0 Å². The summed E-state index contributed by atoms with van der Waals surface area (Å²) in [5.41, 5.74) is 0. The molecule has 0 amide bonds. The maximum absolute atomic E-state index is 11.5. The fourth-order valence-corrected chi connectivity index (χ4v) is 1.58. The van der Waals surface area contributed by atoms with Crippen molar-refractivity contribution in [2.24, 2.45) is 7.05 Å². The van der Waals surface area contributed by atoms with E-state index in [-0.39, 0.29) is 12.2 Å². The molecule has 1 aromatic heterocycles. The molecule has 0 radical (unpaired) electrons. The van der Waals surface area contributed by atoms with E-state index in [1.165, 1.54) is 17.9 Å². The van der Waals surface area contributed by atoms with Crippen LogP contribution in [0.15, 0.2) is 6.33 Å². The third kappa shape index (κ3) is 2.85. The van der Waals surface area contributed by atoms with Gasteiger partial charge in [-0.1, -0.05) is 0 Å². The number of sulfone groups is 1. The van der Waals surface area contributed by atoms with Crippen LogP contribution >= 0.6 is 0 Å². The fourth-order valence-electron chi connectivity index (χ4n) is 1.02. The molecule has 1 heterocycles. The minimum atomic E-state index is -3.33. The lowest BCUT2D eigenvalue weighted by Crippen LogP contribution is -2.28. The number of hydrogen-bond acceptors (Lipinski definition) is 5.